The van der Waals surface area contributed by atoms with Gasteiger partial charge in [0, 0.05) is 43.9 Å². The number of nitrogens with zero attached hydrogens (tertiary/aromatic N) is 2. The second-order valence-corrected chi connectivity index (χ2v) is 12.3. The van der Waals surface area contributed by atoms with E-state index in [2.05, 4.69) is 143 Å². The lowest BCUT2D eigenvalue weighted by molar-refractivity contribution is 1.23. The first kappa shape index (κ1) is 22.1. The standard InChI is InChI=1S/C36H22B2N2S/c1-2-12-23(13-3-1)39-28-18-8-4-14-24(28)37-25-15-5-9-19-29(25)40-30-20-10-6-16-26(30)38-27-17-7-11-21-32(27)41-33-22-31(39)34(37)36(40)35(33)38/h1-22H. The van der Waals surface area contributed by atoms with Crippen molar-refractivity contribution in [3.8, 4) is 0 Å². The SMILES string of the molecule is c1ccc(N2c3ccccc3B3c4ccccc4N4c5ccccc5B5c6ccccc6Sc6cc2c3c4c65)cc1. The van der Waals surface area contributed by atoms with Crippen molar-refractivity contribution in [1.82, 2.24) is 0 Å². The molecule has 10 rings (SSSR count). The molecular weight excluding hydrogens is 514 g/mol. The second kappa shape index (κ2) is 7.99. The maximum Gasteiger partial charge on any atom is 0.252 e. The molecule has 0 N–H and O–H groups in total. The fourth-order valence-electron chi connectivity index (χ4n) is 7.79. The summed E-state index contributed by atoms with van der Waals surface area (Å²) in [6, 6.07) is 49.6. The van der Waals surface area contributed by atoms with Crippen LogP contribution < -0.4 is 42.6 Å². The van der Waals surface area contributed by atoms with Crippen molar-refractivity contribution in [2.45, 2.75) is 9.79 Å². The Kier molecular flexibility index (Phi) is 4.31. The Balaban J connectivity index is 1.40. The van der Waals surface area contributed by atoms with Gasteiger partial charge in [-0.05, 0) is 69.8 Å². The minimum atomic E-state index is 0.169. The van der Waals surface area contributed by atoms with Gasteiger partial charge in [-0.15, -0.1) is 0 Å². The Labute approximate surface area is 244 Å². The molecule has 4 heterocycles. The smallest absolute Gasteiger partial charge is 0.252 e. The topological polar surface area (TPSA) is 6.48 Å². The summed E-state index contributed by atoms with van der Waals surface area (Å²) in [6.45, 7) is 0.380. The Morgan fingerprint density at radius 1 is 0.415 bits per heavy atom. The molecule has 0 spiro atoms. The summed E-state index contributed by atoms with van der Waals surface area (Å²) < 4.78 is 0. The Morgan fingerprint density at radius 3 is 1.59 bits per heavy atom. The van der Waals surface area contributed by atoms with Gasteiger partial charge in [-0.25, -0.2) is 0 Å². The average Bonchev–Trinajstić information content (AvgIpc) is 3.04. The van der Waals surface area contributed by atoms with Gasteiger partial charge in [0.1, 0.15) is 0 Å². The van der Waals surface area contributed by atoms with Crippen LogP contribution in [0.2, 0.25) is 0 Å². The zero-order chi connectivity index (χ0) is 26.7. The van der Waals surface area contributed by atoms with E-state index in [1.807, 2.05) is 11.8 Å². The zero-order valence-electron chi connectivity index (χ0n) is 22.2. The molecule has 0 aromatic heterocycles. The summed E-state index contributed by atoms with van der Waals surface area (Å²) in [6.07, 6.45) is 0. The summed E-state index contributed by atoms with van der Waals surface area (Å²) in [7, 11) is 0. The summed E-state index contributed by atoms with van der Waals surface area (Å²) >= 11 is 1.93. The Hall–Kier alpha value is -4.60. The summed E-state index contributed by atoms with van der Waals surface area (Å²) in [5, 5.41) is 0. The molecule has 0 radical (unpaired) electrons. The molecule has 0 aliphatic carbocycles. The summed E-state index contributed by atoms with van der Waals surface area (Å²) in [4.78, 5) is 7.80. The van der Waals surface area contributed by atoms with Crippen LogP contribution >= 0.6 is 11.8 Å². The molecule has 4 aliphatic rings. The van der Waals surface area contributed by atoms with Crippen LogP contribution in [0, 0.1) is 0 Å². The van der Waals surface area contributed by atoms with E-state index in [1.54, 1.807) is 0 Å². The molecule has 0 atom stereocenters. The molecule has 5 heteroatoms. The number of hydrogen-bond donors (Lipinski definition) is 0. The molecule has 6 aromatic carbocycles. The van der Waals surface area contributed by atoms with Crippen molar-refractivity contribution in [1.29, 1.82) is 0 Å². The zero-order valence-corrected chi connectivity index (χ0v) is 23.0. The lowest BCUT2D eigenvalue weighted by Crippen LogP contribution is -2.68. The summed E-state index contributed by atoms with van der Waals surface area (Å²) in [5.74, 6) is 0. The first-order valence-electron chi connectivity index (χ1n) is 14.3. The lowest BCUT2D eigenvalue weighted by atomic mass is 9.29. The van der Waals surface area contributed by atoms with E-state index in [0.29, 0.717) is 0 Å². The van der Waals surface area contributed by atoms with Gasteiger partial charge in [-0.3, -0.25) is 0 Å². The fraction of sp³-hybridized carbons (Fsp3) is 0. The van der Waals surface area contributed by atoms with Crippen molar-refractivity contribution in [3.05, 3.63) is 133 Å². The van der Waals surface area contributed by atoms with Gasteiger partial charge in [0.25, 0.3) is 6.71 Å². The maximum absolute atomic E-state index is 2.58. The molecule has 0 amide bonds. The highest BCUT2D eigenvalue weighted by atomic mass is 32.2. The highest BCUT2D eigenvalue weighted by Gasteiger charge is 2.50. The van der Waals surface area contributed by atoms with Gasteiger partial charge in [0.05, 0.1) is 0 Å². The van der Waals surface area contributed by atoms with E-state index in [9.17, 15) is 0 Å². The molecular formula is C36H22B2N2S. The normalized spacial score (nSPS) is 14.5. The average molecular weight is 536 g/mol. The molecule has 188 valence electrons. The molecule has 4 aliphatic heterocycles. The van der Waals surface area contributed by atoms with Gasteiger partial charge in [0.2, 0.25) is 6.71 Å². The van der Waals surface area contributed by atoms with E-state index < -0.39 is 0 Å². The molecule has 0 saturated carbocycles. The van der Waals surface area contributed by atoms with Crippen molar-refractivity contribution in [2.24, 2.45) is 0 Å². The van der Waals surface area contributed by atoms with Crippen LogP contribution in [0.4, 0.5) is 34.1 Å². The maximum atomic E-state index is 2.58. The van der Waals surface area contributed by atoms with Crippen LogP contribution in [-0.4, -0.2) is 13.4 Å². The number of anilines is 6. The van der Waals surface area contributed by atoms with Gasteiger partial charge >= 0.3 is 0 Å². The molecule has 41 heavy (non-hydrogen) atoms. The molecule has 0 bridgehead atoms. The third kappa shape index (κ3) is 2.77. The first-order valence-corrected chi connectivity index (χ1v) is 15.1. The molecule has 0 fully saturated rings. The van der Waals surface area contributed by atoms with Crippen LogP contribution in [0.3, 0.4) is 0 Å². The predicted molar refractivity (Wildman–Crippen MR) is 176 cm³/mol. The van der Waals surface area contributed by atoms with Crippen LogP contribution in [0.1, 0.15) is 0 Å². The van der Waals surface area contributed by atoms with Gasteiger partial charge < -0.3 is 9.80 Å². The minimum absolute atomic E-state index is 0.169. The number of benzene rings is 6. The van der Waals surface area contributed by atoms with Crippen LogP contribution in [0.15, 0.2) is 143 Å². The van der Waals surface area contributed by atoms with E-state index in [1.165, 1.54) is 76.7 Å². The third-order valence-corrected chi connectivity index (χ3v) is 10.4. The minimum Gasteiger partial charge on any atom is -0.312 e. The molecule has 6 aromatic rings. The largest absolute Gasteiger partial charge is 0.312 e. The number of rotatable bonds is 1. The lowest BCUT2D eigenvalue weighted by Gasteiger charge is -2.49. The van der Waals surface area contributed by atoms with E-state index in [-0.39, 0.29) is 13.4 Å². The fourth-order valence-corrected chi connectivity index (χ4v) is 8.97. The predicted octanol–water partition coefficient (Wildman–Crippen LogP) is 5.06. The number of fused-ring (bicyclic) bond motifs is 10. The molecule has 0 saturated heterocycles. The molecule has 2 nitrogen and oxygen atoms in total. The van der Waals surface area contributed by atoms with Gasteiger partial charge in [0.15, 0.2) is 0 Å². The van der Waals surface area contributed by atoms with Crippen LogP contribution in [0.5, 0.6) is 0 Å². The first-order chi connectivity index (χ1) is 20.4. The van der Waals surface area contributed by atoms with Crippen molar-refractivity contribution < 1.29 is 0 Å². The van der Waals surface area contributed by atoms with Crippen LogP contribution in [-0.2, 0) is 0 Å². The number of para-hydroxylation sites is 4. The Morgan fingerprint density at radius 2 is 0.927 bits per heavy atom. The second-order valence-electron chi connectivity index (χ2n) is 11.3. The van der Waals surface area contributed by atoms with E-state index in [0.717, 1.165) is 0 Å². The summed E-state index contributed by atoms with van der Waals surface area (Å²) in [5.41, 5.74) is 16.1. The van der Waals surface area contributed by atoms with Gasteiger partial charge in [-0.2, -0.15) is 0 Å². The van der Waals surface area contributed by atoms with Crippen LogP contribution in [0.25, 0.3) is 0 Å². The quantitative estimate of drug-likeness (QED) is 0.271. The van der Waals surface area contributed by atoms with Crippen molar-refractivity contribution >= 4 is 92.1 Å². The van der Waals surface area contributed by atoms with Crippen molar-refractivity contribution in [2.75, 3.05) is 9.80 Å². The highest BCUT2D eigenvalue weighted by Crippen LogP contribution is 2.47. The monoisotopic (exact) mass is 536 g/mol. The van der Waals surface area contributed by atoms with E-state index in [4.69, 9.17) is 0 Å². The van der Waals surface area contributed by atoms with Crippen molar-refractivity contribution in [3.63, 3.8) is 0 Å². The Bertz CT molecular complexity index is 2050. The van der Waals surface area contributed by atoms with E-state index >= 15 is 0 Å². The molecule has 0 unspecified atom stereocenters. The van der Waals surface area contributed by atoms with Gasteiger partial charge in [-0.1, -0.05) is 108 Å². The number of hydrogen-bond acceptors (Lipinski definition) is 3. The highest BCUT2D eigenvalue weighted by molar-refractivity contribution is 8.00. The third-order valence-electron chi connectivity index (χ3n) is 9.29.